The van der Waals surface area contributed by atoms with Gasteiger partial charge in [0.1, 0.15) is 6.10 Å². The average molecular weight is 447 g/mol. The molecule has 8 heteroatoms. The SMILES string of the molecule is O=C(C[C@]1(c2ccc(-c3cccc(NC(=O)C4CCCO4)c3)s2)CCCCS1)NO. The van der Waals surface area contributed by atoms with Crippen LogP contribution in [0.5, 0.6) is 0 Å². The van der Waals surface area contributed by atoms with E-state index in [0.29, 0.717) is 6.61 Å². The van der Waals surface area contributed by atoms with Crippen LogP contribution in [0.4, 0.5) is 5.69 Å². The number of carbonyl (C=O) groups excluding carboxylic acids is 2. The van der Waals surface area contributed by atoms with Gasteiger partial charge in [-0.05, 0) is 61.3 Å². The van der Waals surface area contributed by atoms with E-state index < -0.39 is 0 Å². The highest BCUT2D eigenvalue weighted by Gasteiger charge is 2.38. The van der Waals surface area contributed by atoms with Gasteiger partial charge < -0.3 is 10.1 Å². The zero-order chi connectivity index (χ0) is 21.0. The first-order valence-electron chi connectivity index (χ1n) is 10.3. The van der Waals surface area contributed by atoms with E-state index in [1.165, 1.54) is 0 Å². The minimum Gasteiger partial charge on any atom is -0.368 e. The van der Waals surface area contributed by atoms with E-state index in [1.807, 2.05) is 36.0 Å². The van der Waals surface area contributed by atoms with E-state index in [0.717, 1.165) is 58.9 Å². The van der Waals surface area contributed by atoms with E-state index >= 15 is 0 Å². The molecule has 1 unspecified atom stereocenters. The molecule has 2 amide bonds. The van der Waals surface area contributed by atoms with Crippen molar-refractivity contribution in [1.82, 2.24) is 5.48 Å². The zero-order valence-electron chi connectivity index (χ0n) is 16.7. The summed E-state index contributed by atoms with van der Waals surface area (Å²) >= 11 is 3.49. The minimum atomic E-state index is -0.358. The third-order valence-corrected chi connectivity index (χ3v) is 8.70. The number of thioether (sulfide) groups is 1. The van der Waals surface area contributed by atoms with Gasteiger partial charge in [0.05, 0.1) is 4.75 Å². The maximum absolute atomic E-state index is 12.4. The molecule has 1 aromatic heterocycles. The molecule has 6 nitrogen and oxygen atoms in total. The molecule has 3 heterocycles. The number of thiophene rings is 1. The highest BCUT2D eigenvalue weighted by Crippen LogP contribution is 2.50. The van der Waals surface area contributed by atoms with Gasteiger partial charge in [0.15, 0.2) is 0 Å². The molecule has 1 aromatic carbocycles. The Morgan fingerprint density at radius 2 is 2.10 bits per heavy atom. The van der Waals surface area contributed by atoms with Gasteiger partial charge in [0.2, 0.25) is 5.91 Å². The third-order valence-electron chi connectivity index (χ3n) is 5.62. The minimum absolute atomic E-state index is 0.0934. The molecule has 160 valence electrons. The molecule has 2 aromatic rings. The second-order valence-corrected chi connectivity index (χ2v) is 10.3. The van der Waals surface area contributed by atoms with Crippen molar-refractivity contribution < 1.29 is 19.5 Å². The van der Waals surface area contributed by atoms with Gasteiger partial charge in [-0.2, -0.15) is 0 Å². The number of hydroxylamine groups is 1. The molecule has 0 bridgehead atoms. The number of hydrogen-bond donors (Lipinski definition) is 3. The Labute approximate surface area is 184 Å². The van der Waals surface area contributed by atoms with Crippen LogP contribution in [0, 0.1) is 0 Å². The summed E-state index contributed by atoms with van der Waals surface area (Å²) in [6, 6.07) is 12.0. The topological polar surface area (TPSA) is 87.7 Å². The summed E-state index contributed by atoms with van der Waals surface area (Å²) in [6.45, 7) is 0.643. The van der Waals surface area contributed by atoms with Gasteiger partial charge in [0, 0.05) is 28.5 Å². The number of amides is 2. The van der Waals surface area contributed by atoms with Crippen LogP contribution in [0.2, 0.25) is 0 Å². The Morgan fingerprint density at radius 1 is 1.20 bits per heavy atom. The predicted octanol–water partition coefficient (Wildman–Crippen LogP) is 4.54. The fourth-order valence-corrected chi connectivity index (χ4v) is 6.95. The predicted molar refractivity (Wildman–Crippen MR) is 120 cm³/mol. The summed E-state index contributed by atoms with van der Waals surface area (Å²) < 4.78 is 5.17. The quantitative estimate of drug-likeness (QED) is 0.448. The van der Waals surface area contributed by atoms with Crippen LogP contribution in [-0.2, 0) is 19.1 Å². The van der Waals surface area contributed by atoms with Crippen molar-refractivity contribution in [2.45, 2.75) is 49.4 Å². The van der Waals surface area contributed by atoms with Gasteiger partial charge in [-0.25, -0.2) is 5.48 Å². The Morgan fingerprint density at radius 3 is 2.83 bits per heavy atom. The normalized spacial score (nSPS) is 23.8. The summed E-state index contributed by atoms with van der Waals surface area (Å²) in [5.41, 5.74) is 3.58. The zero-order valence-corrected chi connectivity index (χ0v) is 18.3. The monoisotopic (exact) mass is 446 g/mol. The molecule has 0 saturated carbocycles. The Balaban J connectivity index is 1.54. The van der Waals surface area contributed by atoms with Gasteiger partial charge in [-0.15, -0.1) is 23.1 Å². The Kier molecular flexibility index (Phi) is 6.77. The number of hydrogen-bond acceptors (Lipinski definition) is 6. The highest BCUT2D eigenvalue weighted by atomic mass is 32.2. The number of anilines is 1. The first kappa shape index (κ1) is 21.4. The molecule has 4 rings (SSSR count). The van der Waals surface area contributed by atoms with Crippen LogP contribution in [0.15, 0.2) is 36.4 Å². The standard InChI is InChI=1S/C22H26N2O4S2/c25-20(24-27)14-22(10-1-2-12-29-22)19-9-8-18(30-19)15-5-3-6-16(13-15)23-21(26)17-7-4-11-28-17/h3,5-6,8-9,13,17,27H,1-2,4,7,10-12,14H2,(H,23,26)(H,24,25)/t17?,22-/m0/s1. The van der Waals surface area contributed by atoms with Crippen LogP contribution in [0.25, 0.3) is 10.4 Å². The molecule has 0 spiro atoms. The van der Waals surface area contributed by atoms with Gasteiger partial charge >= 0.3 is 0 Å². The summed E-state index contributed by atoms with van der Waals surface area (Å²) in [6.07, 6.45) is 4.74. The van der Waals surface area contributed by atoms with E-state index in [9.17, 15) is 9.59 Å². The molecular formula is C22H26N2O4S2. The Bertz CT molecular complexity index is 902. The fourth-order valence-electron chi connectivity index (χ4n) is 4.07. The smallest absolute Gasteiger partial charge is 0.253 e. The van der Waals surface area contributed by atoms with Crippen molar-refractivity contribution in [1.29, 1.82) is 0 Å². The van der Waals surface area contributed by atoms with Crippen molar-refractivity contribution in [3.8, 4) is 10.4 Å². The van der Waals surface area contributed by atoms with E-state index in [4.69, 9.17) is 9.94 Å². The first-order chi connectivity index (χ1) is 14.6. The fraction of sp³-hybridized carbons (Fsp3) is 0.455. The van der Waals surface area contributed by atoms with Crippen LogP contribution < -0.4 is 10.8 Å². The summed E-state index contributed by atoms with van der Waals surface area (Å²) in [5, 5.41) is 12.0. The van der Waals surface area contributed by atoms with Crippen LogP contribution in [0.3, 0.4) is 0 Å². The van der Waals surface area contributed by atoms with Gasteiger partial charge in [-0.3, -0.25) is 14.8 Å². The largest absolute Gasteiger partial charge is 0.368 e. The van der Waals surface area contributed by atoms with Crippen molar-refractivity contribution >= 4 is 40.6 Å². The summed E-state index contributed by atoms with van der Waals surface area (Å²) in [5.74, 6) is 0.568. The van der Waals surface area contributed by atoms with Crippen molar-refractivity contribution in [2.75, 3.05) is 17.7 Å². The molecule has 2 atom stereocenters. The van der Waals surface area contributed by atoms with Gasteiger partial charge in [-0.1, -0.05) is 18.6 Å². The van der Waals surface area contributed by atoms with Crippen molar-refractivity contribution in [3.05, 3.63) is 41.3 Å². The van der Waals surface area contributed by atoms with Crippen LogP contribution in [-0.4, -0.2) is 35.5 Å². The summed E-state index contributed by atoms with van der Waals surface area (Å²) in [7, 11) is 0. The van der Waals surface area contributed by atoms with Crippen molar-refractivity contribution in [3.63, 3.8) is 0 Å². The maximum atomic E-state index is 12.4. The molecule has 2 saturated heterocycles. The number of carbonyl (C=O) groups is 2. The first-order valence-corrected chi connectivity index (χ1v) is 12.1. The van der Waals surface area contributed by atoms with Crippen molar-refractivity contribution in [2.24, 2.45) is 0 Å². The molecule has 2 fully saturated rings. The van der Waals surface area contributed by atoms with Crippen LogP contribution >= 0.6 is 23.1 Å². The third kappa shape index (κ3) is 4.72. The lowest BCUT2D eigenvalue weighted by Crippen LogP contribution is -2.32. The molecular weight excluding hydrogens is 420 g/mol. The highest BCUT2D eigenvalue weighted by molar-refractivity contribution is 8.00. The lowest BCUT2D eigenvalue weighted by molar-refractivity contribution is -0.130. The molecule has 3 N–H and O–H groups in total. The summed E-state index contributed by atoms with van der Waals surface area (Å²) in [4.78, 5) is 26.6. The molecule has 0 radical (unpaired) electrons. The maximum Gasteiger partial charge on any atom is 0.253 e. The molecule has 2 aliphatic heterocycles. The molecule has 0 aliphatic carbocycles. The number of rotatable bonds is 6. The van der Waals surface area contributed by atoms with Gasteiger partial charge in [0.25, 0.3) is 5.91 Å². The second kappa shape index (κ2) is 9.51. The average Bonchev–Trinajstić information content (AvgIpc) is 3.47. The Hall–Kier alpha value is -1.87. The lowest BCUT2D eigenvalue weighted by Gasteiger charge is -2.35. The van der Waals surface area contributed by atoms with Crippen LogP contribution in [0.1, 0.15) is 43.4 Å². The number of ether oxygens (including phenoxy) is 1. The lowest BCUT2D eigenvalue weighted by atomic mass is 9.94. The molecule has 2 aliphatic rings. The number of nitrogens with one attached hydrogen (secondary N) is 2. The number of benzene rings is 1. The van der Waals surface area contributed by atoms with E-state index in [-0.39, 0.29) is 29.1 Å². The second-order valence-electron chi connectivity index (χ2n) is 7.75. The molecule has 30 heavy (non-hydrogen) atoms. The van der Waals surface area contributed by atoms with E-state index in [1.54, 1.807) is 16.8 Å². The van der Waals surface area contributed by atoms with E-state index in [2.05, 4.69) is 17.4 Å².